The van der Waals surface area contributed by atoms with Gasteiger partial charge in [-0.15, -0.1) is 0 Å². The summed E-state index contributed by atoms with van der Waals surface area (Å²) in [6.07, 6.45) is 0. The maximum absolute atomic E-state index is 12.9. The van der Waals surface area contributed by atoms with E-state index in [1.165, 1.54) is 6.07 Å². The molecule has 1 saturated heterocycles. The molecular formula is C12H15FO2S. The van der Waals surface area contributed by atoms with Crippen LogP contribution in [-0.2, 0) is 10.5 Å². The summed E-state index contributed by atoms with van der Waals surface area (Å²) in [4.78, 5) is 0. The molecule has 1 aliphatic rings. The fourth-order valence-electron chi connectivity index (χ4n) is 1.62. The lowest BCUT2D eigenvalue weighted by Crippen LogP contribution is -2.47. The average molecular weight is 242 g/mol. The van der Waals surface area contributed by atoms with E-state index in [2.05, 4.69) is 0 Å². The minimum Gasteiger partial charge on any atom is -0.396 e. The fourth-order valence-corrected chi connectivity index (χ4v) is 2.83. The molecule has 0 bridgehead atoms. The second kappa shape index (κ2) is 5.17. The molecule has 16 heavy (non-hydrogen) atoms. The molecule has 0 amide bonds. The predicted molar refractivity (Wildman–Crippen MR) is 62.9 cm³/mol. The molecule has 0 spiro atoms. The first-order chi connectivity index (χ1) is 7.74. The molecule has 2 rings (SSSR count). The van der Waals surface area contributed by atoms with Crippen LogP contribution in [0.5, 0.6) is 0 Å². The van der Waals surface area contributed by atoms with Crippen LogP contribution < -0.4 is 0 Å². The molecule has 0 aliphatic carbocycles. The van der Waals surface area contributed by atoms with E-state index >= 15 is 0 Å². The van der Waals surface area contributed by atoms with Gasteiger partial charge in [0.15, 0.2) is 0 Å². The maximum atomic E-state index is 12.9. The Hall–Kier alpha value is -0.580. The third-order valence-electron chi connectivity index (χ3n) is 2.72. The van der Waals surface area contributed by atoms with Gasteiger partial charge in [-0.25, -0.2) is 4.39 Å². The Morgan fingerprint density at radius 1 is 1.44 bits per heavy atom. The third-order valence-corrected chi connectivity index (χ3v) is 4.07. The van der Waals surface area contributed by atoms with Crippen molar-refractivity contribution >= 4 is 11.8 Å². The highest BCUT2D eigenvalue weighted by Crippen LogP contribution is 2.32. The first-order valence-corrected chi connectivity index (χ1v) is 6.40. The van der Waals surface area contributed by atoms with Crippen LogP contribution in [0.2, 0.25) is 0 Å². The minimum atomic E-state index is -0.193. The highest BCUT2D eigenvalue weighted by Gasteiger charge is 2.37. The van der Waals surface area contributed by atoms with Crippen molar-refractivity contribution < 1.29 is 14.2 Å². The highest BCUT2D eigenvalue weighted by atomic mass is 32.2. The second-order valence-corrected chi connectivity index (χ2v) is 5.26. The average Bonchev–Trinajstić information content (AvgIpc) is 2.22. The van der Waals surface area contributed by atoms with Crippen LogP contribution in [-0.4, -0.2) is 30.7 Å². The van der Waals surface area contributed by atoms with Crippen LogP contribution in [0, 0.1) is 11.2 Å². The lowest BCUT2D eigenvalue weighted by Gasteiger charge is -2.39. The number of aliphatic hydroxyl groups excluding tert-OH is 1. The quantitative estimate of drug-likeness (QED) is 0.857. The summed E-state index contributed by atoms with van der Waals surface area (Å²) in [5, 5.41) is 9.22. The standard InChI is InChI=1S/C12H15FO2S/c13-11-3-1-2-10(4-11)5-16-9-12(6-14)7-15-8-12/h1-4,14H,5-9H2. The molecule has 0 radical (unpaired) electrons. The van der Waals surface area contributed by atoms with Gasteiger partial charge < -0.3 is 9.84 Å². The van der Waals surface area contributed by atoms with Crippen molar-refractivity contribution in [3.8, 4) is 0 Å². The molecule has 1 aromatic carbocycles. The molecule has 2 nitrogen and oxygen atoms in total. The molecule has 1 fully saturated rings. The van der Waals surface area contributed by atoms with Gasteiger partial charge in [0.2, 0.25) is 0 Å². The number of hydrogen-bond donors (Lipinski definition) is 1. The summed E-state index contributed by atoms with van der Waals surface area (Å²) in [6.45, 7) is 1.45. The molecule has 0 atom stereocenters. The first kappa shape index (κ1) is 11.9. The largest absolute Gasteiger partial charge is 0.396 e. The van der Waals surface area contributed by atoms with Gasteiger partial charge in [0.1, 0.15) is 5.82 Å². The molecule has 1 heterocycles. The van der Waals surface area contributed by atoms with Crippen molar-refractivity contribution in [3.05, 3.63) is 35.6 Å². The second-order valence-electron chi connectivity index (χ2n) is 4.27. The molecule has 4 heteroatoms. The Balaban J connectivity index is 1.79. The van der Waals surface area contributed by atoms with Crippen LogP contribution in [0.4, 0.5) is 4.39 Å². The molecule has 1 aliphatic heterocycles. The van der Waals surface area contributed by atoms with Crippen LogP contribution in [0.1, 0.15) is 5.56 Å². The predicted octanol–water partition coefficient (Wildman–Crippen LogP) is 2.07. The number of rotatable bonds is 5. The van der Waals surface area contributed by atoms with E-state index in [1.807, 2.05) is 6.07 Å². The lowest BCUT2D eigenvalue weighted by molar-refractivity contribution is -0.121. The van der Waals surface area contributed by atoms with Crippen molar-refractivity contribution in [2.75, 3.05) is 25.6 Å². The van der Waals surface area contributed by atoms with Crippen LogP contribution in [0.3, 0.4) is 0 Å². The van der Waals surface area contributed by atoms with Crippen molar-refractivity contribution in [1.82, 2.24) is 0 Å². The van der Waals surface area contributed by atoms with Crippen molar-refractivity contribution in [3.63, 3.8) is 0 Å². The zero-order valence-corrected chi connectivity index (χ0v) is 9.80. The number of benzene rings is 1. The van der Waals surface area contributed by atoms with Crippen LogP contribution >= 0.6 is 11.8 Å². The van der Waals surface area contributed by atoms with E-state index < -0.39 is 0 Å². The number of halogens is 1. The van der Waals surface area contributed by atoms with Gasteiger partial charge in [0, 0.05) is 16.9 Å². The van der Waals surface area contributed by atoms with E-state index in [9.17, 15) is 9.50 Å². The fraction of sp³-hybridized carbons (Fsp3) is 0.500. The lowest BCUT2D eigenvalue weighted by atomic mass is 9.90. The molecular weight excluding hydrogens is 227 g/mol. The summed E-state index contributed by atoms with van der Waals surface area (Å²) >= 11 is 1.72. The Morgan fingerprint density at radius 3 is 2.81 bits per heavy atom. The Morgan fingerprint density at radius 2 is 2.25 bits per heavy atom. The summed E-state index contributed by atoms with van der Waals surface area (Å²) in [6, 6.07) is 6.64. The monoisotopic (exact) mass is 242 g/mol. The number of aliphatic hydroxyl groups is 1. The van der Waals surface area contributed by atoms with E-state index in [-0.39, 0.29) is 17.8 Å². The summed E-state index contributed by atoms with van der Waals surface area (Å²) < 4.78 is 18.0. The van der Waals surface area contributed by atoms with E-state index in [4.69, 9.17) is 4.74 Å². The zero-order valence-electron chi connectivity index (χ0n) is 8.99. The number of thioether (sulfide) groups is 1. The molecule has 1 N–H and O–H groups in total. The van der Waals surface area contributed by atoms with Crippen molar-refractivity contribution in [1.29, 1.82) is 0 Å². The van der Waals surface area contributed by atoms with Gasteiger partial charge >= 0.3 is 0 Å². The summed E-state index contributed by atoms with van der Waals surface area (Å²) in [5.74, 6) is 1.45. The summed E-state index contributed by atoms with van der Waals surface area (Å²) in [7, 11) is 0. The highest BCUT2D eigenvalue weighted by molar-refractivity contribution is 7.98. The number of hydrogen-bond acceptors (Lipinski definition) is 3. The summed E-state index contributed by atoms with van der Waals surface area (Å²) in [5.41, 5.74) is 0.927. The maximum Gasteiger partial charge on any atom is 0.123 e. The minimum absolute atomic E-state index is 0.0575. The smallest absolute Gasteiger partial charge is 0.123 e. The first-order valence-electron chi connectivity index (χ1n) is 5.25. The van der Waals surface area contributed by atoms with E-state index in [0.29, 0.717) is 13.2 Å². The normalized spacial score (nSPS) is 18.1. The third kappa shape index (κ3) is 2.75. The molecule has 88 valence electrons. The Bertz CT molecular complexity index is 347. The van der Waals surface area contributed by atoms with Gasteiger partial charge in [-0.1, -0.05) is 12.1 Å². The zero-order chi connectivity index (χ0) is 11.4. The van der Waals surface area contributed by atoms with Crippen molar-refractivity contribution in [2.45, 2.75) is 5.75 Å². The molecule has 0 aromatic heterocycles. The van der Waals surface area contributed by atoms with Gasteiger partial charge in [0.25, 0.3) is 0 Å². The van der Waals surface area contributed by atoms with Crippen LogP contribution in [0.15, 0.2) is 24.3 Å². The SMILES string of the molecule is OCC1(CSCc2cccc(F)c2)COC1. The molecule has 0 saturated carbocycles. The Labute approximate surface area is 98.8 Å². The topological polar surface area (TPSA) is 29.5 Å². The van der Waals surface area contributed by atoms with Crippen LogP contribution in [0.25, 0.3) is 0 Å². The Kier molecular flexibility index (Phi) is 3.84. The number of ether oxygens (including phenoxy) is 1. The van der Waals surface area contributed by atoms with Gasteiger partial charge in [-0.3, -0.25) is 0 Å². The molecule has 0 unspecified atom stereocenters. The van der Waals surface area contributed by atoms with E-state index in [0.717, 1.165) is 17.1 Å². The van der Waals surface area contributed by atoms with Gasteiger partial charge in [-0.2, -0.15) is 11.8 Å². The van der Waals surface area contributed by atoms with Gasteiger partial charge in [-0.05, 0) is 17.7 Å². The van der Waals surface area contributed by atoms with Gasteiger partial charge in [0.05, 0.1) is 19.8 Å². The van der Waals surface area contributed by atoms with E-state index in [1.54, 1.807) is 23.9 Å². The van der Waals surface area contributed by atoms with Crippen molar-refractivity contribution in [2.24, 2.45) is 5.41 Å². The molecule has 1 aromatic rings.